The summed E-state index contributed by atoms with van der Waals surface area (Å²) in [5.74, 6) is 1.81. The third-order valence-corrected chi connectivity index (χ3v) is 5.07. The highest BCUT2D eigenvalue weighted by atomic mass is 32.2. The molecule has 1 rings (SSSR count). The summed E-state index contributed by atoms with van der Waals surface area (Å²) >= 11 is 0. The number of aromatic nitrogens is 2. The zero-order chi connectivity index (χ0) is 14.6. The van der Waals surface area contributed by atoms with Gasteiger partial charge in [-0.3, -0.25) is 0 Å². The van der Waals surface area contributed by atoms with Crippen molar-refractivity contribution < 1.29 is 8.42 Å². The van der Waals surface area contributed by atoms with Gasteiger partial charge in [-0.1, -0.05) is 13.8 Å². The van der Waals surface area contributed by atoms with Crippen LogP contribution in [-0.2, 0) is 16.3 Å². The Morgan fingerprint density at radius 2 is 1.95 bits per heavy atom. The lowest BCUT2D eigenvalue weighted by Gasteiger charge is -2.26. The first-order chi connectivity index (χ1) is 8.79. The molecule has 0 saturated carbocycles. The van der Waals surface area contributed by atoms with Gasteiger partial charge in [0.2, 0.25) is 0 Å². The molecule has 0 aliphatic carbocycles. The van der Waals surface area contributed by atoms with Gasteiger partial charge in [0.1, 0.15) is 11.6 Å². The van der Waals surface area contributed by atoms with E-state index in [4.69, 9.17) is 0 Å². The van der Waals surface area contributed by atoms with Crippen LogP contribution in [0.15, 0.2) is 6.07 Å². The van der Waals surface area contributed by atoms with Crippen LogP contribution in [0.2, 0.25) is 0 Å². The van der Waals surface area contributed by atoms with Crippen LogP contribution < -0.4 is 4.90 Å². The number of aryl methyl sites for hydroxylation is 2. The van der Waals surface area contributed by atoms with Gasteiger partial charge in [-0.05, 0) is 20.3 Å². The van der Waals surface area contributed by atoms with Gasteiger partial charge in [0, 0.05) is 30.6 Å². The largest absolute Gasteiger partial charge is 0.356 e. The van der Waals surface area contributed by atoms with Crippen LogP contribution in [0.25, 0.3) is 0 Å². The third kappa shape index (κ3) is 4.45. The average molecular weight is 285 g/mol. The summed E-state index contributed by atoms with van der Waals surface area (Å²) in [5.41, 5.74) is 0.972. The molecule has 0 spiro atoms. The van der Waals surface area contributed by atoms with Crippen LogP contribution in [0.5, 0.6) is 0 Å². The van der Waals surface area contributed by atoms with Crippen LogP contribution in [0.3, 0.4) is 0 Å². The van der Waals surface area contributed by atoms with Gasteiger partial charge in [0.15, 0.2) is 9.84 Å². The minimum absolute atomic E-state index is 0.107. The normalized spacial score (nSPS) is 13.3. The maximum Gasteiger partial charge on any atom is 0.152 e. The molecule has 0 aromatic carbocycles. The van der Waals surface area contributed by atoms with Gasteiger partial charge >= 0.3 is 0 Å². The van der Waals surface area contributed by atoms with E-state index in [1.807, 2.05) is 38.8 Å². The summed E-state index contributed by atoms with van der Waals surface area (Å²) in [6, 6.07) is 1.81. The summed E-state index contributed by atoms with van der Waals surface area (Å²) in [4.78, 5) is 10.6. The Morgan fingerprint density at radius 1 is 1.32 bits per heavy atom. The molecule has 19 heavy (non-hydrogen) atoms. The van der Waals surface area contributed by atoms with Gasteiger partial charge in [-0.2, -0.15) is 0 Å². The van der Waals surface area contributed by atoms with Crippen molar-refractivity contribution in [3.8, 4) is 0 Å². The van der Waals surface area contributed by atoms with Crippen LogP contribution in [0.4, 0.5) is 5.82 Å². The number of hydrogen-bond acceptors (Lipinski definition) is 5. The van der Waals surface area contributed by atoms with Crippen LogP contribution in [-0.4, -0.2) is 43.0 Å². The predicted molar refractivity (Wildman–Crippen MR) is 78.3 cm³/mol. The minimum atomic E-state index is -2.98. The third-order valence-electron chi connectivity index (χ3n) is 3.20. The highest BCUT2D eigenvalue weighted by Crippen LogP contribution is 2.15. The lowest BCUT2D eigenvalue weighted by atomic mass is 10.3. The summed E-state index contributed by atoms with van der Waals surface area (Å²) < 4.78 is 23.4. The molecule has 0 radical (unpaired) electrons. The lowest BCUT2D eigenvalue weighted by Crippen LogP contribution is -2.36. The summed E-state index contributed by atoms with van der Waals surface area (Å²) in [7, 11) is -1.11. The number of nitrogens with zero attached hydrogens (tertiary/aromatic N) is 3. The van der Waals surface area contributed by atoms with Crippen molar-refractivity contribution in [3.05, 3.63) is 17.6 Å². The maximum atomic E-state index is 11.7. The van der Waals surface area contributed by atoms with Crippen molar-refractivity contribution in [2.75, 3.05) is 23.5 Å². The van der Waals surface area contributed by atoms with Gasteiger partial charge in [0.25, 0.3) is 0 Å². The number of sulfone groups is 1. The Labute approximate surface area is 116 Å². The first-order valence-electron chi connectivity index (χ1n) is 6.56. The van der Waals surface area contributed by atoms with Crippen molar-refractivity contribution in [3.63, 3.8) is 0 Å². The molecule has 5 nitrogen and oxygen atoms in total. The predicted octanol–water partition coefficient (Wildman–Crippen LogP) is 1.61. The number of hydrogen-bond donors (Lipinski definition) is 0. The second kappa shape index (κ2) is 6.32. The molecule has 0 amide bonds. The zero-order valence-electron chi connectivity index (χ0n) is 12.3. The Kier molecular flexibility index (Phi) is 5.29. The molecule has 0 bridgehead atoms. The molecule has 0 fully saturated rings. The van der Waals surface area contributed by atoms with Gasteiger partial charge < -0.3 is 4.90 Å². The van der Waals surface area contributed by atoms with Crippen molar-refractivity contribution in [2.45, 2.75) is 40.2 Å². The van der Waals surface area contributed by atoms with Crippen LogP contribution in [0, 0.1) is 6.92 Å². The number of rotatable bonds is 6. The van der Waals surface area contributed by atoms with E-state index < -0.39 is 9.84 Å². The molecule has 1 atom stereocenters. The first kappa shape index (κ1) is 15.9. The second-order valence-electron chi connectivity index (χ2n) is 4.78. The zero-order valence-corrected chi connectivity index (χ0v) is 13.2. The molecule has 1 heterocycles. The Bertz CT molecular complexity index is 529. The Morgan fingerprint density at radius 3 is 2.47 bits per heavy atom. The first-order valence-corrected chi connectivity index (χ1v) is 8.39. The van der Waals surface area contributed by atoms with Crippen LogP contribution in [0.1, 0.15) is 32.3 Å². The molecular weight excluding hydrogens is 262 g/mol. The summed E-state index contributed by atoms with van der Waals surface area (Å²) in [5, 5.41) is 0. The topological polar surface area (TPSA) is 63.2 Å². The SMILES string of the molecule is CCc1cc(N(C)C(C)CS(=O)(=O)CC)nc(C)n1. The van der Waals surface area contributed by atoms with E-state index in [9.17, 15) is 8.42 Å². The molecule has 1 aromatic rings. The summed E-state index contributed by atoms with van der Waals surface area (Å²) in [6.45, 7) is 7.46. The lowest BCUT2D eigenvalue weighted by molar-refractivity contribution is 0.588. The fraction of sp³-hybridized carbons (Fsp3) is 0.692. The van der Waals surface area contributed by atoms with E-state index in [0.29, 0.717) is 5.82 Å². The van der Waals surface area contributed by atoms with Gasteiger partial charge in [-0.25, -0.2) is 18.4 Å². The van der Waals surface area contributed by atoms with Crippen LogP contribution >= 0.6 is 0 Å². The molecule has 1 aromatic heterocycles. The fourth-order valence-electron chi connectivity index (χ4n) is 1.80. The molecule has 0 N–H and O–H groups in total. The van der Waals surface area contributed by atoms with E-state index in [1.54, 1.807) is 6.92 Å². The Hall–Kier alpha value is -1.17. The molecule has 6 heteroatoms. The molecule has 0 saturated heterocycles. The quantitative estimate of drug-likeness (QED) is 0.794. The fourth-order valence-corrected chi connectivity index (χ4v) is 2.99. The van der Waals surface area contributed by atoms with Gasteiger partial charge in [0.05, 0.1) is 5.75 Å². The highest BCUT2D eigenvalue weighted by Gasteiger charge is 2.19. The van der Waals surface area contributed by atoms with E-state index in [1.165, 1.54) is 0 Å². The van der Waals surface area contributed by atoms with Crippen molar-refractivity contribution >= 4 is 15.7 Å². The second-order valence-corrected chi connectivity index (χ2v) is 7.17. The molecule has 0 aliphatic heterocycles. The smallest absolute Gasteiger partial charge is 0.152 e. The van der Waals surface area contributed by atoms with Crippen molar-refractivity contribution in [1.29, 1.82) is 0 Å². The van der Waals surface area contributed by atoms with Crippen molar-refractivity contribution in [1.82, 2.24) is 9.97 Å². The molecule has 108 valence electrons. The monoisotopic (exact) mass is 285 g/mol. The highest BCUT2D eigenvalue weighted by molar-refractivity contribution is 7.91. The standard InChI is InChI=1S/C13H23N3O2S/c1-6-12-8-13(15-11(4)14-12)16(5)10(3)9-19(17,18)7-2/h8,10H,6-7,9H2,1-5H3. The molecule has 1 unspecified atom stereocenters. The van der Waals surface area contributed by atoms with Gasteiger partial charge in [-0.15, -0.1) is 0 Å². The Balaban J connectivity index is 2.93. The van der Waals surface area contributed by atoms with E-state index in [-0.39, 0.29) is 17.5 Å². The van der Waals surface area contributed by atoms with Crippen molar-refractivity contribution in [2.24, 2.45) is 0 Å². The summed E-state index contributed by atoms with van der Waals surface area (Å²) in [6.07, 6.45) is 0.839. The maximum absolute atomic E-state index is 11.7. The number of anilines is 1. The minimum Gasteiger partial charge on any atom is -0.356 e. The molecular formula is C13H23N3O2S. The van der Waals surface area contributed by atoms with E-state index in [0.717, 1.165) is 17.9 Å². The van der Waals surface area contributed by atoms with E-state index in [2.05, 4.69) is 9.97 Å². The average Bonchev–Trinajstić information content (AvgIpc) is 2.36. The molecule has 0 aliphatic rings. The van der Waals surface area contributed by atoms with E-state index >= 15 is 0 Å².